The van der Waals surface area contributed by atoms with Gasteiger partial charge in [0.2, 0.25) is 11.8 Å². The molecule has 1 fully saturated rings. The number of carbonyl (C=O) groups excluding carboxylic acids is 2. The fraction of sp³-hybridized carbons (Fsp3) is 0.375. The summed E-state index contributed by atoms with van der Waals surface area (Å²) in [5.41, 5.74) is 4.17. The average molecular weight is 586 g/mol. The summed E-state index contributed by atoms with van der Waals surface area (Å²) in [7, 11) is 0. The van der Waals surface area contributed by atoms with Crippen molar-refractivity contribution in [1.29, 1.82) is 0 Å². The first-order valence-corrected chi connectivity index (χ1v) is 14.6. The molecule has 1 aliphatic rings. The molecule has 0 radical (unpaired) electrons. The fourth-order valence-electron chi connectivity index (χ4n) is 5.30. The first-order chi connectivity index (χ1) is 20.4. The third-order valence-corrected chi connectivity index (χ3v) is 7.78. The summed E-state index contributed by atoms with van der Waals surface area (Å²) in [5, 5.41) is 20.5. The van der Waals surface area contributed by atoms with Crippen LogP contribution < -0.4 is 16.3 Å². The van der Waals surface area contributed by atoms with Crippen LogP contribution in [0, 0.1) is 12.8 Å². The van der Waals surface area contributed by atoms with Crippen LogP contribution in [0.1, 0.15) is 56.1 Å². The summed E-state index contributed by atoms with van der Waals surface area (Å²) >= 11 is 0. The SMILES string of the molecule is Cc1ccc(-n2nc(C(C)(C)C)cc2NC(=O)Nc2cccc(CC3CCN(C(=O)Cc4[nH]c(=O)[nH]c4O)CC3)c2)cc1. The van der Waals surface area contributed by atoms with E-state index >= 15 is 0 Å². The number of rotatable bonds is 7. The molecule has 3 amide bonds. The highest BCUT2D eigenvalue weighted by Crippen LogP contribution is 2.27. The smallest absolute Gasteiger partial charge is 0.325 e. The number of nitrogens with zero attached hydrogens (tertiary/aromatic N) is 3. The molecule has 11 nitrogen and oxygen atoms in total. The number of hydrogen-bond donors (Lipinski definition) is 5. The molecule has 11 heteroatoms. The Bertz CT molecular complexity index is 1650. The monoisotopic (exact) mass is 585 g/mol. The second-order valence-electron chi connectivity index (χ2n) is 12.3. The van der Waals surface area contributed by atoms with Gasteiger partial charge in [0.25, 0.3) is 0 Å². The molecule has 5 N–H and O–H groups in total. The number of nitrogens with one attached hydrogen (secondary N) is 4. The van der Waals surface area contributed by atoms with Crippen molar-refractivity contribution in [3.05, 3.63) is 87.6 Å². The molecule has 43 heavy (non-hydrogen) atoms. The van der Waals surface area contributed by atoms with Crippen molar-refractivity contribution in [2.75, 3.05) is 23.7 Å². The summed E-state index contributed by atoms with van der Waals surface area (Å²) in [6.07, 6.45) is 2.48. The van der Waals surface area contributed by atoms with Gasteiger partial charge in [0.15, 0.2) is 0 Å². The minimum atomic E-state index is -0.531. The van der Waals surface area contributed by atoms with Gasteiger partial charge in [-0.25, -0.2) is 14.3 Å². The molecule has 0 unspecified atom stereocenters. The molecule has 0 atom stereocenters. The fourth-order valence-corrected chi connectivity index (χ4v) is 5.30. The minimum absolute atomic E-state index is 0.0473. The van der Waals surface area contributed by atoms with Gasteiger partial charge in [0, 0.05) is 30.3 Å². The third kappa shape index (κ3) is 7.35. The lowest BCUT2D eigenvalue weighted by atomic mass is 9.90. The van der Waals surface area contributed by atoms with E-state index in [9.17, 15) is 19.5 Å². The number of likely N-dealkylation sites (tertiary alicyclic amines) is 1. The van der Waals surface area contributed by atoms with E-state index in [0.29, 0.717) is 30.5 Å². The van der Waals surface area contributed by atoms with E-state index in [0.717, 1.165) is 41.8 Å². The highest BCUT2D eigenvalue weighted by molar-refractivity contribution is 5.99. The molecule has 0 bridgehead atoms. The van der Waals surface area contributed by atoms with Gasteiger partial charge < -0.3 is 20.3 Å². The molecular weight excluding hydrogens is 546 g/mol. The van der Waals surface area contributed by atoms with Gasteiger partial charge >= 0.3 is 11.7 Å². The quantitative estimate of drug-likeness (QED) is 0.210. The number of anilines is 2. The van der Waals surface area contributed by atoms with Crippen LogP contribution in [0.5, 0.6) is 5.88 Å². The zero-order valence-corrected chi connectivity index (χ0v) is 25.0. The molecule has 226 valence electrons. The lowest BCUT2D eigenvalue weighted by Crippen LogP contribution is -2.39. The van der Waals surface area contributed by atoms with Gasteiger partial charge in [-0.15, -0.1) is 0 Å². The van der Waals surface area contributed by atoms with E-state index in [1.807, 2.05) is 61.5 Å². The molecule has 1 aliphatic heterocycles. The summed E-state index contributed by atoms with van der Waals surface area (Å²) in [6, 6.07) is 17.4. The Labute approximate surface area is 250 Å². The second-order valence-corrected chi connectivity index (χ2v) is 12.3. The molecule has 3 heterocycles. The topological polar surface area (TPSA) is 148 Å². The van der Waals surface area contributed by atoms with Crippen molar-refractivity contribution >= 4 is 23.4 Å². The van der Waals surface area contributed by atoms with E-state index in [2.05, 4.69) is 41.4 Å². The molecule has 4 aromatic rings. The van der Waals surface area contributed by atoms with Crippen molar-refractivity contribution in [1.82, 2.24) is 24.6 Å². The predicted octanol–water partition coefficient (Wildman–Crippen LogP) is 4.87. The number of urea groups is 1. The first kappa shape index (κ1) is 29.7. The second kappa shape index (κ2) is 12.2. The maximum absolute atomic E-state index is 13.1. The number of hydrogen-bond acceptors (Lipinski definition) is 5. The Kier molecular flexibility index (Phi) is 8.43. The van der Waals surface area contributed by atoms with Crippen LogP contribution in [-0.2, 0) is 23.1 Å². The first-order valence-electron chi connectivity index (χ1n) is 14.6. The molecule has 0 spiro atoms. The van der Waals surface area contributed by atoms with Gasteiger partial charge in [0.1, 0.15) is 5.82 Å². The van der Waals surface area contributed by atoms with Gasteiger partial charge in [-0.05, 0) is 61.9 Å². The molecule has 0 aliphatic carbocycles. The predicted molar refractivity (Wildman–Crippen MR) is 166 cm³/mol. The molecular formula is C32H39N7O4. The number of amides is 3. The van der Waals surface area contributed by atoms with Gasteiger partial charge in [0.05, 0.1) is 23.5 Å². The number of aromatic nitrogens is 4. The number of piperidine rings is 1. The van der Waals surface area contributed by atoms with E-state index < -0.39 is 5.69 Å². The number of imidazole rings is 1. The van der Waals surface area contributed by atoms with Gasteiger partial charge in [-0.1, -0.05) is 50.6 Å². The van der Waals surface area contributed by atoms with Crippen molar-refractivity contribution in [2.45, 2.75) is 58.8 Å². The van der Waals surface area contributed by atoms with Crippen molar-refractivity contribution in [2.24, 2.45) is 5.92 Å². The number of benzene rings is 2. The van der Waals surface area contributed by atoms with Crippen molar-refractivity contribution in [3.8, 4) is 11.6 Å². The van der Waals surface area contributed by atoms with Crippen LogP contribution in [0.3, 0.4) is 0 Å². The lowest BCUT2D eigenvalue weighted by Gasteiger charge is -2.32. The van der Waals surface area contributed by atoms with Crippen molar-refractivity contribution < 1.29 is 14.7 Å². The third-order valence-electron chi connectivity index (χ3n) is 7.78. The summed E-state index contributed by atoms with van der Waals surface area (Å²) in [6.45, 7) is 9.52. The standard InChI is InChI=1S/C32H39N7O4/c1-20-8-10-24(11-9-20)39-27(19-26(37-39)32(2,3)4)35-30(42)33-23-7-5-6-22(17-23)16-21-12-14-38(15-13-21)28(40)18-25-29(41)36-31(43)34-25/h5-11,17,19,21,41H,12-16,18H2,1-4H3,(H2,33,35,42)(H2,34,36,43). The Morgan fingerprint density at radius 1 is 1.02 bits per heavy atom. The number of carbonyl (C=O) groups is 2. The zero-order chi connectivity index (χ0) is 30.7. The Morgan fingerprint density at radius 3 is 2.40 bits per heavy atom. The van der Waals surface area contributed by atoms with Gasteiger partial charge in [-0.2, -0.15) is 5.10 Å². The Hall–Kier alpha value is -4.80. The lowest BCUT2D eigenvalue weighted by molar-refractivity contribution is -0.131. The summed E-state index contributed by atoms with van der Waals surface area (Å²) < 4.78 is 1.76. The highest BCUT2D eigenvalue weighted by Gasteiger charge is 2.25. The highest BCUT2D eigenvalue weighted by atomic mass is 16.3. The van der Waals surface area contributed by atoms with E-state index in [1.54, 1.807) is 9.58 Å². The molecule has 0 saturated carbocycles. The van der Waals surface area contributed by atoms with Gasteiger partial charge in [-0.3, -0.25) is 15.1 Å². The van der Waals surface area contributed by atoms with Crippen LogP contribution >= 0.6 is 0 Å². The van der Waals surface area contributed by atoms with E-state index in [1.165, 1.54) is 0 Å². The summed E-state index contributed by atoms with van der Waals surface area (Å²) in [4.78, 5) is 43.6. The van der Waals surface area contributed by atoms with Crippen LogP contribution in [0.4, 0.5) is 16.3 Å². The largest absolute Gasteiger partial charge is 0.493 e. The Balaban J connectivity index is 1.18. The summed E-state index contributed by atoms with van der Waals surface area (Å²) in [5.74, 6) is 0.566. The minimum Gasteiger partial charge on any atom is -0.493 e. The molecule has 1 saturated heterocycles. The Morgan fingerprint density at radius 2 is 1.74 bits per heavy atom. The maximum atomic E-state index is 13.1. The number of aryl methyl sites for hydroxylation is 1. The van der Waals surface area contributed by atoms with Crippen LogP contribution in [0.2, 0.25) is 0 Å². The van der Waals surface area contributed by atoms with Crippen molar-refractivity contribution in [3.63, 3.8) is 0 Å². The number of aromatic hydroxyl groups is 1. The maximum Gasteiger partial charge on any atom is 0.325 e. The molecule has 2 aromatic heterocycles. The zero-order valence-electron chi connectivity index (χ0n) is 25.0. The average Bonchev–Trinajstić information content (AvgIpc) is 3.51. The molecule has 5 rings (SSSR count). The number of H-pyrrole nitrogens is 2. The number of aromatic amines is 2. The van der Waals surface area contributed by atoms with Crippen LogP contribution in [0.15, 0.2) is 59.4 Å². The van der Waals surface area contributed by atoms with Crippen LogP contribution in [0.25, 0.3) is 5.69 Å². The normalized spacial score (nSPS) is 14.1. The van der Waals surface area contributed by atoms with E-state index in [4.69, 9.17) is 5.10 Å². The van der Waals surface area contributed by atoms with Crippen LogP contribution in [-0.4, -0.2) is 54.8 Å². The molecule has 2 aromatic carbocycles. The van der Waals surface area contributed by atoms with E-state index in [-0.39, 0.29) is 35.3 Å².